The lowest BCUT2D eigenvalue weighted by Gasteiger charge is -2.30. The summed E-state index contributed by atoms with van der Waals surface area (Å²) < 4.78 is 1.78. The first kappa shape index (κ1) is 15.7. The van der Waals surface area contributed by atoms with Gasteiger partial charge in [-0.25, -0.2) is 4.98 Å². The number of nitrogens with zero attached hydrogens (tertiary/aromatic N) is 4. The second-order valence-electron chi connectivity index (χ2n) is 6.34. The van der Waals surface area contributed by atoms with Gasteiger partial charge in [0.25, 0.3) is 0 Å². The fourth-order valence-electron chi connectivity index (χ4n) is 2.85. The molecule has 1 saturated carbocycles. The molecule has 1 aliphatic rings. The Labute approximate surface area is 137 Å². The highest BCUT2D eigenvalue weighted by Gasteiger charge is 2.29. The average Bonchev–Trinajstić information content (AvgIpc) is 3.26. The fraction of sp³-hybridized carbons (Fsp3) is 0.500. The van der Waals surface area contributed by atoms with Gasteiger partial charge in [0, 0.05) is 19.5 Å². The molecule has 1 aromatic carbocycles. The lowest BCUT2D eigenvalue weighted by Crippen LogP contribution is -2.35. The van der Waals surface area contributed by atoms with E-state index in [0.717, 1.165) is 19.5 Å². The molecule has 0 N–H and O–H groups in total. The van der Waals surface area contributed by atoms with Crippen molar-refractivity contribution in [1.82, 2.24) is 19.7 Å². The summed E-state index contributed by atoms with van der Waals surface area (Å²) in [5.41, 5.74) is 1.21. The van der Waals surface area contributed by atoms with Crippen molar-refractivity contribution in [3.63, 3.8) is 0 Å². The largest absolute Gasteiger partial charge is 0.336 e. The predicted octanol–water partition coefficient (Wildman–Crippen LogP) is 3.06. The molecule has 1 aromatic heterocycles. The lowest BCUT2D eigenvalue weighted by molar-refractivity contribution is -0.133. The molecule has 0 radical (unpaired) electrons. The van der Waals surface area contributed by atoms with Crippen LogP contribution in [-0.2, 0) is 11.3 Å². The second kappa shape index (κ2) is 7.40. The minimum absolute atomic E-state index is 0.135. The van der Waals surface area contributed by atoms with Crippen molar-refractivity contribution in [3.05, 3.63) is 48.5 Å². The summed E-state index contributed by atoms with van der Waals surface area (Å²) >= 11 is 0. The van der Waals surface area contributed by atoms with Crippen LogP contribution in [0.4, 0.5) is 0 Å². The van der Waals surface area contributed by atoms with E-state index in [1.54, 1.807) is 11.0 Å². The van der Waals surface area contributed by atoms with Crippen LogP contribution >= 0.6 is 0 Å². The molecule has 1 aliphatic carbocycles. The van der Waals surface area contributed by atoms with Gasteiger partial charge in [0.15, 0.2) is 0 Å². The van der Waals surface area contributed by atoms with Crippen molar-refractivity contribution in [3.8, 4) is 0 Å². The van der Waals surface area contributed by atoms with Gasteiger partial charge in [-0.3, -0.25) is 9.48 Å². The van der Waals surface area contributed by atoms with Gasteiger partial charge in [-0.2, -0.15) is 5.10 Å². The van der Waals surface area contributed by atoms with E-state index in [0.29, 0.717) is 12.3 Å². The summed E-state index contributed by atoms with van der Waals surface area (Å²) in [7, 11) is 0. The van der Waals surface area contributed by atoms with Crippen LogP contribution in [0.15, 0.2) is 43.0 Å². The van der Waals surface area contributed by atoms with Crippen molar-refractivity contribution in [1.29, 1.82) is 0 Å². The summed E-state index contributed by atoms with van der Waals surface area (Å²) in [6.07, 6.45) is 7.08. The van der Waals surface area contributed by atoms with Gasteiger partial charge in [0.1, 0.15) is 12.7 Å². The van der Waals surface area contributed by atoms with Crippen LogP contribution in [0.5, 0.6) is 0 Å². The van der Waals surface area contributed by atoms with Gasteiger partial charge in [0.05, 0.1) is 6.04 Å². The zero-order valence-electron chi connectivity index (χ0n) is 13.6. The van der Waals surface area contributed by atoms with Crippen molar-refractivity contribution in [2.24, 2.45) is 5.92 Å². The molecule has 5 heteroatoms. The summed E-state index contributed by atoms with van der Waals surface area (Å²) in [6.45, 7) is 3.76. The van der Waals surface area contributed by atoms with Gasteiger partial charge in [0.2, 0.25) is 5.91 Å². The van der Waals surface area contributed by atoms with Crippen molar-refractivity contribution in [2.75, 3.05) is 6.54 Å². The molecule has 1 amide bonds. The van der Waals surface area contributed by atoms with Gasteiger partial charge in [-0.15, -0.1) is 0 Å². The first-order valence-electron chi connectivity index (χ1n) is 8.41. The Morgan fingerprint density at radius 3 is 2.78 bits per heavy atom. The number of aryl methyl sites for hydroxylation is 1. The van der Waals surface area contributed by atoms with Crippen LogP contribution in [0.3, 0.4) is 0 Å². The number of carbonyl (C=O) groups is 1. The molecule has 5 nitrogen and oxygen atoms in total. The van der Waals surface area contributed by atoms with Gasteiger partial charge in [-0.05, 0) is 37.7 Å². The molecule has 3 rings (SSSR count). The Morgan fingerprint density at radius 2 is 2.13 bits per heavy atom. The number of carbonyl (C=O) groups excluding carboxylic acids is 1. The van der Waals surface area contributed by atoms with Gasteiger partial charge < -0.3 is 4.90 Å². The summed E-state index contributed by atoms with van der Waals surface area (Å²) in [4.78, 5) is 18.7. The molecule has 0 spiro atoms. The SMILES string of the molecule is CC(c1ccccc1)N(CC1CC1)C(=O)CCCn1cncn1. The van der Waals surface area contributed by atoms with E-state index in [1.807, 2.05) is 18.2 Å². The van der Waals surface area contributed by atoms with E-state index in [-0.39, 0.29) is 11.9 Å². The molecule has 1 heterocycles. The number of aromatic nitrogens is 3. The average molecular weight is 312 g/mol. The first-order valence-corrected chi connectivity index (χ1v) is 8.41. The van der Waals surface area contributed by atoms with Crippen LogP contribution in [0.1, 0.15) is 44.2 Å². The molecule has 1 atom stereocenters. The van der Waals surface area contributed by atoms with Gasteiger partial charge >= 0.3 is 0 Å². The Morgan fingerprint density at radius 1 is 1.35 bits per heavy atom. The first-order chi connectivity index (χ1) is 11.2. The number of amides is 1. The van der Waals surface area contributed by atoms with Crippen molar-refractivity contribution >= 4 is 5.91 Å². The maximum absolute atomic E-state index is 12.7. The highest BCUT2D eigenvalue weighted by Crippen LogP contribution is 2.33. The van der Waals surface area contributed by atoms with Crippen LogP contribution in [-0.4, -0.2) is 32.1 Å². The number of rotatable bonds is 8. The van der Waals surface area contributed by atoms with Crippen LogP contribution in [0.25, 0.3) is 0 Å². The maximum Gasteiger partial charge on any atom is 0.223 e. The molecule has 0 saturated heterocycles. The third kappa shape index (κ3) is 4.41. The summed E-state index contributed by atoms with van der Waals surface area (Å²) in [5, 5.41) is 4.08. The normalized spacial score (nSPS) is 15.3. The fourth-order valence-corrected chi connectivity index (χ4v) is 2.85. The number of hydrogen-bond acceptors (Lipinski definition) is 3. The zero-order valence-corrected chi connectivity index (χ0v) is 13.6. The molecule has 23 heavy (non-hydrogen) atoms. The zero-order chi connectivity index (χ0) is 16.1. The highest BCUT2D eigenvalue weighted by atomic mass is 16.2. The van der Waals surface area contributed by atoms with Crippen LogP contribution in [0, 0.1) is 5.92 Å². The molecule has 0 bridgehead atoms. The third-order valence-electron chi connectivity index (χ3n) is 4.47. The molecule has 2 aromatic rings. The van der Waals surface area contributed by atoms with Crippen molar-refractivity contribution in [2.45, 2.75) is 45.2 Å². The van der Waals surface area contributed by atoms with E-state index < -0.39 is 0 Å². The van der Waals surface area contributed by atoms with E-state index in [1.165, 1.54) is 24.7 Å². The molecule has 0 aliphatic heterocycles. The van der Waals surface area contributed by atoms with E-state index in [9.17, 15) is 4.79 Å². The Kier molecular flexibility index (Phi) is 5.05. The standard InChI is InChI=1S/C18H24N4O/c1-15(17-6-3-2-4-7-17)22(12-16-9-10-16)18(23)8-5-11-21-14-19-13-20-21/h2-4,6-7,13-16H,5,8-12H2,1H3. The molecular weight excluding hydrogens is 288 g/mol. The van der Waals surface area contributed by atoms with Crippen molar-refractivity contribution < 1.29 is 4.79 Å². The van der Waals surface area contributed by atoms with E-state index >= 15 is 0 Å². The monoisotopic (exact) mass is 312 g/mol. The van der Waals surface area contributed by atoms with E-state index in [4.69, 9.17) is 0 Å². The summed E-state index contributed by atoms with van der Waals surface area (Å²) in [5.74, 6) is 0.939. The minimum Gasteiger partial charge on any atom is -0.336 e. The Bertz CT molecular complexity index is 607. The third-order valence-corrected chi connectivity index (χ3v) is 4.47. The quantitative estimate of drug-likeness (QED) is 0.753. The van der Waals surface area contributed by atoms with E-state index in [2.05, 4.69) is 34.0 Å². The smallest absolute Gasteiger partial charge is 0.223 e. The number of hydrogen-bond donors (Lipinski definition) is 0. The van der Waals surface area contributed by atoms with Gasteiger partial charge in [-0.1, -0.05) is 30.3 Å². The van der Waals surface area contributed by atoms with Crippen LogP contribution < -0.4 is 0 Å². The minimum atomic E-state index is 0.135. The predicted molar refractivity (Wildman–Crippen MR) is 88.6 cm³/mol. The van der Waals surface area contributed by atoms with Crippen LogP contribution in [0.2, 0.25) is 0 Å². The number of benzene rings is 1. The topological polar surface area (TPSA) is 51.0 Å². The molecular formula is C18H24N4O. The molecule has 1 fully saturated rings. The maximum atomic E-state index is 12.7. The highest BCUT2D eigenvalue weighted by molar-refractivity contribution is 5.76. The molecule has 1 unspecified atom stereocenters. The summed E-state index contributed by atoms with van der Waals surface area (Å²) in [6, 6.07) is 10.4. The lowest BCUT2D eigenvalue weighted by atomic mass is 10.1. The Hall–Kier alpha value is -2.17. The molecule has 122 valence electrons. The second-order valence-corrected chi connectivity index (χ2v) is 6.34. The Balaban J connectivity index is 1.59.